The highest BCUT2D eigenvalue weighted by atomic mass is 16.5. The van der Waals surface area contributed by atoms with Crippen molar-refractivity contribution < 1.29 is 19.1 Å². The topological polar surface area (TPSA) is 52.6 Å². The summed E-state index contributed by atoms with van der Waals surface area (Å²) in [6.45, 7) is 9.93. The van der Waals surface area contributed by atoms with Crippen LogP contribution in [-0.4, -0.2) is 25.7 Å². The van der Waals surface area contributed by atoms with E-state index >= 15 is 0 Å². The number of rotatable bonds is 4. The quantitative estimate of drug-likeness (QED) is 0.698. The summed E-state index contributed by atoms with van der Waals surface area (Å²) in [4.78, 5) is 20.5. The fourth-order valence-corrected chi connectivity index (χ4v) is 0.701. The third kappa shape index (κ3) is 18.7. The van der Waals surface area contributed by atoms with Crippen molar-refractivity contribution in [2.75, 3.05) is 13.7 Å². The van der Waals surface area contributed by atoms with Crippen LogP contribution in [0.3, 0.4) is 0 Å². The van der Waals surface area contributed by atoms with Crippen molar-refractivity contribution >= 4 is 11.9 Å². The first-order valence-electron chi connectivity index (χ1n) is 5.49. The molecule has 4 nitrogen and oxygen atoms in total. The molecule has 0 aliphatic heterocycles. The highest BCUT2D eigenvalue weighted by Gasteiger charge is 2.01. The summed E-state index contributed by atoms with van der Waals surface area (Å²) in [6.07, 6.45) is 0.524. The minimum absolute atomic E-state index is 0.125. The van der Waals surface area contributed by atoms with Crippen molar-refractivity contribution in [2.24, 2.45) is 11.8 Å². The van der Waals surface area contributed by atoms with E-state index in [1.165, 1.54) is 14.0 Å². The predicted octanol–water partition coefficient (Wildman–Crippen LogP) is 2.41. The van der Waals surface area contributed by atoms with Crippen LogP contribution in [-0.2, 0) is 19.1 Å². The third-order valence-corrected chi connectivity index (χ3v) is 1.42. The Balaban J connectivity index is 0. The van der Waals surface area contributed by atoms with Crippen LogP contribution in [0, 0.1) is 11.8 Å². The summed E-state index contributed by atoms with van der Waals surface area (Å²) in [5, 5.41) is 0. The van der Waals surface area contributed by atoms with Gasteiger partial charge in [-0.2, -0.15) is 0 Å². The maximum atomic E-state index is 10.4. The Labute approximate surface area is 98.3 Å². The highest BCUT2D eigenvalue weighted by molar-refractivity contribution is 5.69. The molecule has 0 saturated heterocycles. The van der Waals surface area contributed by atoms with Crippen molar-refractivity contribution in [3.8, 4) is 0 Å². The molecule has 4 heteroatoms. The maximum Gasteiger partial charge on any atom is 0.305 e. The minimum Gasteiger partial charge on any atom is -0.469 e. The minimum atomic E-state index is -0.196. The normalized spacial score (nSPS) is 9.50. The van der Waals surface area contributed by atoms with Gasteiger partial charge in [-0.1, -0.05) is 27.7 Å². The lowest BCUT2D eigenvalue weighted by Gasteiger charge is -2.02. The van der Waals surface area contributed by atoms with Crippen molar-refractivity contribution in [3.63, 3.8) is 0 Å². The number of methoxy groups -OCH3 is 1. The molecule has 0 bridgehead atoms. The van der Waals surface area contributed by atoms with Crippen LogP contribution >= 0.6 is 0 Å². The lowest BCUT2D eigenvalue weighted by molar-refractivity contribution is -0.142. The Hall–Kier alpha value is -1.06. The Morgan fingerprint density at radius 2 is 1.56 bits per heavy atom. The van der Waals surface area contributed by atoms with Crippen LogP contribution in [0.15, 0.2) is 0 Å². The van der Waals surface area contributed by atoms with Crippen LogP contribution in [0.5, 0.6) is 0 Å². The maximum absolute atomic E-state index is 10.4. The SMILES string of the molecule is CC(=O)OCC(C)C.COC(=O)CC(C)C. The monoisotopic (exact) mass is 232 g/mol. The molecule has 0 spiro atoms. The molecule has 0 N–H and O–H groups in total. The van der Waals surface area contributed by atoms with Gasteiger partial charge in [-0.15, -0.1) is 0 Å². The standard InChI is InChI=1S/2C6H12O2/c1-5(2)4-6(7)8-3;1-5(2)4-8-6(3)7/h2*5H,4H2,1-3H3. The Bertz CT molecular complexity index is 197. The van der Waals surface area contributed by atoms with Gasteiger partial charge in [-0.25, -0.2) is 0 Å². The van der Waals surface area contributed by atoms with Gasteiger partial charge in [0.15, 0.2) is 0 Å². The second-order valence-electron chi connectivity index (χ2n) is 4.37. The molecule has 0 amide bonds. The van der Waals surface area contributed by atoms with Gasteiger partial charge in [0, 0.05) is 13.3 Å². The first-order valence-corrected chi connectivity index (χ1v) is 5.49. The van der Waals surface area contributed by atoms with Crippen molar-refractivity contribution in [1.29, 1.82) is 0 Å². The molecule has 16 heavy (non-hydrogen) atoms. The van der Waals surface area contributed by atoms with Crippen LogP contribution in [0.2, 0.25) is 0 Å². The summed E-state index contributed by atoms with van der Waals surface area (Å²) in [5.41, 5.74) is 0. The number of esters is 2. The van der Waals surface area contributed by atoms with Gasteiger partial charge in [0.2, 0.25) is 0 Å². The van der Waals surface area contributed by atoms with Gasteiger partial charge in [-0.3, -0.25) is 9.59 Å². The summed E-state index contributed by atoms with van der Waals surface area (Å²) >= 11 is 0. The van der Waals surface area contributed by atoms with E-state index in [0.29, 0.717) is 24.9 Å². The molecule has 0 aliphatic carbocycles. The van der Waals surface area contributed by atoms with Crippen molar-refractivity contribution in [3.05, 3.63) is 0 Å². The summed E-state index contributed by atoms with van der Waals surface area (Å²) in [7, 11) is 1.41. The first-order chi connectivity index (χ1) is 7.29. The lowest BCUT2D eigenvalue weighted by atomic mass is 10.1. The second kappa shape index (κ2) is 10.5. The molecular weight excluding hydrogens is 208 g/mol. The average molecular weight is 232 g/mol. The molecular formula is C12H24O4. The summed E-state index contributed by atoms with van der Waals surface area (Å²) in [6, 6.07) is 0. The summed E-state index contributed by atoms with van der Waals surface area (Å²) < 4.78 is 9.09. The molecule has 0 fully saturated rings. The van der Waals surface area contributed by atoms with Crippen molar-refractivity contribution in [1.82, 2.24) is 0 Å². The molecule has 0 atom stereocenters. The van der Waals surface area contributed by atoms with Crippen LogP contribution in [0.4, 0.5) is 0 Å². The molecule has 0 saturated carbocycles. The number of hydrogen-bond acceptors (Lipinski definition) is 4. The van der Waals surface area contributed by atoms with E-state index in [1.54, 1.807) is 0 Å². The average Bonchev–Trinajstić information content (AvgIpc) is 2.14. The van der Waals surface area contributed by atoms with Crippen LogP contribution in [0.1, 0.15) is 41.0 Å². The molecule has 0 heterocycles. The largest absolute Gasteiger partial charge is 0.469 e. The van der Waals surface area contributed by atoms with E-state index in [0.717, 1.165) is 0 Å². The van der Waals surface area contributed by atoms with Gasteiger partial charge in [-0.05, 0) is 11.8 Å². The zero-order chi connectivity index (χ0) is 13.1. The molecule has 96 valence electrons. The third-order valence-electron chi connectivity index (χ3n) is 1.42. The lowest BCUT2D eigenvalue weighted by Crippen LogP contribution is -2.05. The van der Waals surface area contributed by atoms with E-state index in [1.807, 2.05) is 27.7 Å². The number of ether oxygens (including phenoxy) is 2. The summed E-state index contributed by atoms with van der Waals surface area (Å²) in [5.74, 6) is 0.528. The Kier molecular flexibility index (Phi) is 11.3. The zero-order valence-electron chi connectivity index (χ0n) is 11.2. The van der Waals surface area contributed by atoms with Crippen LogP contribution < -0.4 is 0 Å². The smallest absolute Gasteiger partial charge is 0.305 e. The Morgan fingerprint density at radius 3 is 1.69 bits per heavy atom. The van der Waals surface area contributed by atoms with Crippen molar-refractivity contribution in [2.45, 2.75) is 41.0 Å². The van der Waals surface area contributed by atoms with Gasteiger partial charge < -0.3 is 9.47 Å². The molecule has 0 aromatic rings. The van der Waals surface area contributed by atoms with Gasteiger partial charge in [0.25, 0.3) is 0 Å². The van der Waals surface area contributed by atoms with E-state index in [4.69, 9.17) is 0 Å². The molecule has 0 aliphatic rings. The van der Waals surface area contributed by atoms with Gasteiger partial charge in [0.1, 0.15) is 0 Å². The molecule has 0 unspecified atom stereocenters. The number of hydrogen-bond donors (Lipinski definition) is 0. The van der Waals surface area contributed by atoms with E-state index in [-0.39, 0.29) is 11.9 Å². The van der Waals surface area contributed by atoms with E-state index < -0.39 is 0 Å². The first kappa shape index (κ1) is 17.3. The molecule has 0 rings (SSSR count). The highest BCUT2D eigenvalue weighted by Crippen LogP contribution is 1.98. The number of carbonyl (C=O) groups excluding carboxylic acids is 2. The molecule has 0 aromatic carbocycles. The fourth-order valence-electron chi connectivity index (χ4n) is 0.701. The number of carbonyl (C=O) groups is 2. The Morgan fingerprint density at radius 1 is 1.06 bits per heavy atom. The van der Waals surface area contributed by atoms with Gasteiger partial charge in [0.05, 0.1) is 13.7 Å². The molecule has 0 aromatic heterocycles. The van der Waals surface area contributed by atoms with E-state index in [9.17, 15) is 9.59 Å². The molecule has 0 radical (unpaired) electrons. The second-order valence-corrected chi connectivity index (χ2v) is 4.37. The van der Waals surface area contributed by atoms with Crippen LogP contribution in [0.25, 0.3) is 0 Å². The fraction of sp³-hybridized carbons (Fsp3) is 0.833. The van der Waals surface area contributed by atoms with E-state index in [2.05, 4.69) is 9.47 Å². The van der Waals surface area contributed by atoms with Gasteiger partial charge >= 0.3 is 11.9 Å². The zero-order valence-corrected chi connectivity index (χ0v) is 11.2. The predicted molar refractivity (Wildman–Crippen MR) is 62.9 cm³/mol.